The Balaban J connectivity index is 1.52. The lowest BCUT2D eigenvalue weighted by Crippen LogP contribution is -2.20. The Kier molecular flexibility index (Phi) is 6.15. The van der Waals surface area contributed by atoms with E-state index in [1.165, 1.54) is 0 Å². The Hall–Kier alpha value is -3.93. The number of nitrogens with one attached hydrogen (secondary N) is 3. The molecule has 140 valence electrons. The van der Waals surface area contributed by atoms with E-state index in [4.69, 9.17) is 0 Å². The molecule has 0 heterocycles. The third kappa shape index (κ3) is 5.54. The molecule has 0 atom stereocenters. The summed E-state index contributed by atoms with van der Waals surface area (Å²) < 4.78 is 0. The number of para-hydroxylation sites is 1. The first-order valence-electron chi connectivity index (χ1n) is 8.73. The molecule has 0 aliphatic rings. The average molecular weight is 372 g/mol. The third-order valence-corrected chi connectivity index (χ3v) is 3.89. The van der Waals surface area contributed by atoms with Gasteiger partial charge < -0.3 is 10.6 Å². The van der Waals surface area contributed by atoms with Gasteiger partial charge in [-0.25, -0.2) is 10.2 Å². The van der Waals surface area contributed by atoms with Gasteiger partial charge in [0.1, 0.15) is 0 Å². The fourth-order valence-electron chi connectivity index (χ4n) is 2.40. The summed E-state index contributed by atoms with van der Waals surface area (Å²) in [5.41, 5.74) is 6.26. The van der Waals surface area contributed by atoms with Gasteiger partial charge in [0, 0.05) is 16.9 Å². The quantitative estimate of drug-likeness (QED) is 0.458. The van der Waals surface area contributed by atoms with Crippen LogP contribution in [0.1, 0.15) is 21.5 Å². The predicted molar refractivity (Wildman–Crippen MR) is 112 cm³/mol. The van der Waals surface area contributed by atoms with Crippen LogP contribution in [0.3, 0.4) is 0 Å². The number of nitrogens with zero attached hydrogens (tertiary/aromatic N) is 1. The highest BCUT2D eigenvalue weighted by molar-refractivity contribution is 6.00. The first kappa shape index (κ1) is 18.8. The fourth-order valence-corrected chi connectivity index (χ4v) is 2.40. The summed E-state index contributed by atoms with van der Waals surface area (Å²) in [6, 6.07) is 23.1. The molecule has 3 N–H and O–H groups in total. The number of carbonyl (C=O) groups excluding carboxylic acids is 2. The maximum atomic E-state index is 12.1. The van der Waals surface area contributed by atoms with Gasteiger partial charge in [-0.1, -0.05) is 48.0 Å². The standard InChI is InChI=1S/C22H20N4O2/c1-16-7-9-17(10-8-16)15-23-26-21(27)18-11-13-20(14-12-18)25-22(28)24-19-5-3-2-4-6-19/h2-15H,1H3,(H,26,27)(H2,24,25,28). The molecular formula is C22H20N4O2. The van der Waals surface area contributed by atoms with E-state index in [0.717, 1.165) is 11.1 Å². The molecule has 3 aromatic carbocycles. The smallest absolute Gasteiger partial charge is 0.308 e. The van der Waals surface area contributed by atoms with Gasteiger partial charge in [-0.3, -0.25) is 4.79 Å². The molecule has 3 rings (SSSR count). The minimum atomic E-state index is -0.355. The van der Waals surface area contributed by atoms with Crippen molar-refractivity contribution >= 4 is 29.5 Å². The summed E-state index contributed by atoms with van der Waals surface area (Å²) in [6.07, 6.45) is 1.58. The number of anilines is 2. The maximum absolute atomic E-state index is 12.1. The zero-order valence-corrected chi connectivity index (χ0v) is 15.3. The van der Waals surface area contributed by atoms with Crippen LogP contribution < -0.4 is 16.1 Å². The number of aryl methyl sites for hydroxylation is 1. The van der Waals surface area contributed by atoms with Crippen molar-refractivity contribution in [2.75, 3.05) is 10.6 Å². The molecule has 0 unspecified atom stereocenters. The second-order valence-corrected chi connectivity index (χ2v) is 6.13. The predicted octanol–water partition coefficient (Wildman–Crippen LogP) is 4.40. The highest BCUT2D eigenvalue weighted by Crippen LogP contribution is 2.11. The number of carbonyl (C=O) groups is 2. The minimum absolute atomic E-state index is 0.330. The molecule has 0 radical (unpaired) electrons. The van der Waals surface area contributed by atoms with Crippen molar-refractivity contribution in [1.29, 1.82) is 0 Å². The summed E-state index contributed by atoms with van der Waals surface area (Å²) in [7, 11) is 0. The fraction of sp³-hybridized carbons (Fsp3) is 0.0455. The number of benzene rings is 3. The van der Waals surface area contributed by atoms with Crippen LogP contribution >= 0.6 is 0 Å². The molecule has 3 aromatic rings. The van der Waals surface area contributed by atoms with E-state index >= 15 is 0 Å². The van der Waals surface area contributed by atoms with Crippen LogP contribution in [0.4, 0.5) is 16.2 Å². The highest BCUT2D eigenvalue weighted by Gasteiger charge is 2.06. The summed E-state index contributed by atoms with van der Waals surface area (Å²) in [5, 5.41) is 9.40. The summed E-state index contributed by atoms with van der Waals surface area (Å²) >= 11 is 0. The number of hydrazone groups is 1. The number of hydrogen-bond acceptors (Lipinski definition) is 3. The SMILES string of the molecule is Cc1ccc(C=NNC(=O)c2ccc(NC(=O)Nc3ccccc3)cc2)cc1. The van der Waals surface area contributed by atoms with Gasteiger partial charge in [-0.05, 0) is 48.9 Å². The van der Waals surface area contributed by atoms with Crippen molar-refractivity contribution in [2.24, 2.45) is 5.10 Å². The lowest BCUT2D eigenvalue weighted by molar-refractivity contribution is 0.0955. The average Bonchev–Trinajstić information content (AvgIpc) is 2.70. The maximum Gasteiger partial charge on any atom is 0.323 e. The molecule has 0 aliphatic carbocycles. The summed E-state index contributed by atoms with van der Waals surface area (Å²) in [4.78, 5) is 24.1. The van der Waals surface area contributed by atoms with Gasteiger partial charge in [-0.15, -0.1) is 0 Å². The molecule has 0 saturated carbocycles. The van der Waals surface area contributed by atoms with Crippen LogP contribution in [0.2, 0.25) is 0 Å². The summed E-state index contributed by atoms with van der Waals surface area (Å²) in [5.74, 6) is -0.330. The van der Waals surface area contributed by atoms with Crippen molar-refractivity contribution in [3.05, 3.63) is 95.6 Å². The van der Waals surface area contributed by atoms with Crippen LogP contribution in [-0.4, -0.2) is 18.2 Å². The van der Waals surface area contributed by atoms with E-state index in [-0.39, 0.29) is 11.9 Å². The van der Waals surface area contributed by atoms with E-state index in [0.29, 0.717) is 16.9 Å². The summed E-state index contributed by atoms with van der Waals surface area (Å²) in [6.45, 7) is 2.01. The second kappa shape index (κ2) is 9.14. The number of rotatable bonds is 5. The van der Waals surface area contributed by atoms with Crippen molar-refractivity contribution < 1.29 is 9.59 Å². The monoisotopic (exact) mass is 372 g/mol. The van der Waals surface area contributed by atoms with Crippen molar-refractivity contribution in [1.82, 2.24) is 5.43 Å². The van der Waals surface area contributed by atoms with Gasteiger partial charge in [-0.2, -0.15) is 5.10 Å². The number of hydrogen-bond donors (Lipinski definition) is 3. The second-order valence-electron chi connectivity index (χ2n) is 6.13. The van der Waals surface area contributed by atoms with Gasteiger partial charge in [0.15, 0.2) is 0 Å². The lowest BCUT2D eigenvalue weighted by Gasteiger charge is -2.08. The largest absolute Gasteiger partial charge is 0.323 e. The van der Waals surface area contributed by atoms with Crippen LogP contribution in [0, 0.1) is 6.92 Å². The topological polar surface area (TPSA) is 82.6 Å². The minimum Gasteiger partial charge on any atom is -0.308 e. The van der Waals surface area contributed by atoms with E-state index < -0.39 is 0 Å². The Bertz CT molecular complexity index is 966. The molecule has 28 heavy (non-hydrogen) atoms. The van der Waals surface area contributed by atoms with Gasteiger partial charge in [0.05, 0.1) is 6.21 Å². The molecule has 6 nitrogen and oxygen atoms in total. The zero-order valence-electron chi connectivity index (χ0n) is 15.3. The molecule has 3 amide bonds. The lowest BCUT2D eigenvalue weighted by atomic mass is 10.2. The normalized spacial score (nSPS) is 10.5. The highest BCUT2D eigenvalue weighted by atomic mass is 16.2. The van der Waals surface area contributed by atoms with E-state index in [1.807, 2.05) is 49.4 Å². The van der Waals surface area contributed by atoms with Crippen LogP contribution in [0.25, 0.3) is 0 Å². The van der Waals surface area contributed by atoms with Crippen LogP contribution in [-0.2, 0) is 0 Å². The Morgan fingerprint density at radius 3 is 2.04 bits per heavy atom. The molecule has 0 bridgehead atoms. The molecule has 0 aromatic heterocycles. The number of amides is 3. The van der Waals surface area contributed by atoms with E-state index in [9.17, 15) is 9.59 Å². The molecule has 0 fully saturated rings. The molecule has 0 aliphatic heterocycles. The van der Waals surface area contributed by atoms with E-state index in [1.54, 1.807) is 42.6 Å². The zero-order chi connectivity index (χ0) is 19.8. The number of urea groups is 1. The first-order valence-corrected chi connectivity index (χ1v) is 8.73. The van der Waals surface area contributed by atoms with Crippen molar-refractivity contribution in [3.8, 4) is 0 Å². The molecular weight excluding hydrogens is 352 g/mol. The molecule has 0 spiro atoms. The Morgan fingerprint density at radius 2 is 1.39 bits per heavy atom. The van der Waals surface area contributed by atoms with Gasteiger partial charge in [0.2, 0.25) is 0 Å². The molecule has 0 saturated heterocycles. The van der Waals surface area contributed by atoms with Gasteiger partial charge in [0.25, 0.3) is 5.91 Å². The van der Waals surface area contributed by atoms with Crippen molar-refractivity contribution in [3.63, 3.8) is 0 Å². The molecule has 6 heteroatoms. The van der Waals surface area contributed by atoms with Crippen LogP contribution in [0.5, 0.6) is 0 Å². The van der Waals surface area contributed by atoms with Crippen LogP contribution in [0.15, 0.2) is 84.0 Å². The van der Waals surface area contributed by atoms with Gasteiger partial charge >= 0.3 is 6.03 Å². The third-order valence-electron chi connectivity index (χ3n) is 3.89. The Morgan fingerprint density at radius 1 is 0.786 bits per heavy atom. The first-order chi connectivity index (χ1) is 13.6. The Labute approximate surface area is 163 Å². The van der Waals surface area contributed by atoms with E-state index in [2.05, 4.69) is 21.2 Å². The van der Waals surface area contributed by atoms with Crippen molar-refractivity contribution in [2.45, 2.75) is 6.92 Å².